The molecule has 1 aromatic heterocycles. The zero-order valence-corrected chi connectivity index (χ0v) is 30.9. The number of para-hydroxylation sites is 2. The van der Waals surface area contributed by atoms with Gasteiger partial charge in [-0.3, -0.25) is 0 Å². The number of benzene rings is 8. The number of anilines is 4. The average Bonchev–Trinajstić information content (AvgIpc) is 3.81. The van der Waals surface area contributed by atoms with Gasteiger partial charge in [-0.25, -0.2) is 0 Å². The Morgan fingerprint density at radius 2 is 1.11 bits per heavy atom. The van der Waals surface area contributed by atoms with E-state index in [1.807, 2.05) is 11.3 Å². The molecule has 55 heavy (non-hydrogen) atoms. The fourth-order valence-electron chi connectivity index (χ4n) is 8.87. The molecule has 2 unspecified atom stereocenters. The van der Waals surface area contributed by atoms with E-state index in [-0.39, 0.29) is 12.1 Å². The third-order valence-corrected chi connectivity index (χ3v) is 12.5. The van der Waals surface area contributed by atoms with Crippen LogP contribution in [0.4, 0.5) is 22.7 Å². The summed E-state index contributed by atoms with van der Waals surface area (Å²) < 4.78 is 2.66. The summed E-state index contributed by atoms with van der Waals surface area (Å²) in [4.78, 5) is 5.08. The molecule has 260 valence electrons. The number of hydrogen-bond donors (Lipinski definition) is 0. The topological polar surface area (TPSA) is 6.48 Å². The molecule has 9 aromatic rings. The van der Waals surface area contributed by atoms with Gasteiger partial charge in [-0.15, -0.1) is 11.3 Å². The minimum Gasteiger partial charge on any atom is -0.332 e. The van der Waals surface area contributed by atoms with Gasteiger partial charge in [0.1, 0.15) is 0 Å². The van der Waals surface area contributed by atoms with Crippen molar-refractivity contribution in [3.05, 3.63) is 212 Å². The highest BCUT2D eigenvalue weighted by Gasteiger charge is 2.42. The molecule has 2 heterocycles. The Morgan fingerprint density at radius 3 is 1.89 bits per heavy atom. The molecule has 0 N–H and O–H groups in total. The van der Waals surface area contributed by atoms with Gasteiger partial charge in [-0.2, -0.15) is 0 Å². The lowest BCUT2D eigenvalue weighted by atomic mass is 9.90. The Hall–Kier alpha value is -6.68. The van der Waals surface area contributed by atoms with Crippen molar-refractivity contribution in [2.24, 2.45) is 0 Å². The van der Waals surface area contributed by atoms with Gasteiger partial charge < -0.3 is 9.80 Å². The zero-order chi connectivity index (χ0) is 36.3. The first-order valence-electron chi connectivity index (χ1n) is 19.0. The third kappa shape index (κ3) is 5.31. The van der Waals surface area contributed by atoms with Crippen molar-refractivity contribution in [3.63, 3.8) is 0 Å². The van der Waals surface area contributed by atoms with Crippen LogP contribution >= 0.6 is 11.3 Å². The van der Waals surface area contributed by atoms with E-state index in [2.05, 4.69) is 216 Å². The maximum absolute atomic E-state index is 2.54. The van der Waals surface area contributed by atoms with Gasteiger partial charge in [0.25, 0.3) is 0 Å². The Balaban J connectivity index is 1.03. The average molecular weight is 721 g/mol. The minimum atomic E-state index is 0.0165. The minimum absolute atomic E-state index is 0.0165. The molecule has 0 saturated carbocycles. The Bertz CT molecular complexity index is 2920. The number of fused-ring (bicyclic) bond motifs is 8. The second-order valence-electron chi connectivity index (χ2n) is 14.5. The van der Waals surface area contributed by atoms with Gasteiger partial charge in [0, 0.05) is 48.5 Å². The third-order valence-electron chi connectivity index (χ3n) is 11.4. The lowest BCUT2D eigenvalue weighted by molar-refractivity contribution is 0.687. The van der Waals surface area contributed by atoms with Crippen LogP contribution in [0.3, 0.4) is 0 Å². The Morgan fingerprint density at radius 1 is 0.491 bits per heavy atom. The van der Waals surface area contributed by atoms with E-state index < -0.39 is 0 Å². The molecule has 0 saturated heterocycles. The standard InChI is InChI=1S/C52H36N2S/c1-3-12-35(13-4-1)36-22-28-41(29-23-36)53(48-21-11-19-45-44-18-9-10-20-47(44)54(52(45)48)40-15-5-2-6-16-40)42-30-24-37(25-31-42)39-27-32-49-46(34-39)51-43-17-8-7-14-38(43)26-33-50(51)55-49/h1-34,48,52H. The first kappa shape index (κ1) is 31.8. The van der Waals surface area contributed by atoms with E-state index in [0.29, 0.717) is 0 Å². The van der Waals surface area contributed by atoms with E-state index in [9.17, 15) is 0 Å². The highest BCUT2D eigenvalue weighted by atomic mass is 32.1. The Kier molecular flexibility index (Phi) is 7.53. The fraction of sp³-hybridized carbons (Fsp3) is 0.0385. The molecule has 0 radical (unpaired) electrons. The second-order valence-corrected chi connectivity index (χ2v) is 15.6. The number of nitrogens with zero attached hydrogens (tertiary/aromatic N) is 2. The maximum atomic E-state index is 2.54. The van der Waals surface area contributed by atoms with Gasteiger partial charge in [0.2, 0.25) is 0 Å². The monoisotopic (exact) mass is 720 g/mol. The second kappa shape index (κ2) is 13.0. The van der Waals surface area contributed by atoms with Crippen molar-refractivity contribution < 1.29 is 0 Å². The first-order chi connectivity index (χ1) is 27.3. The molecule has 0 fully saturated rings. The largest absolute Gasteiger partial charge is 0.332 e. The summed E-state index contributed by atoms with van der Waals surface area (Å²) in [6.07, 6.45) is 6.96. The first-order valence-corrected chi connectivity index (χ1v) is 19.8. The van der Waals surface area contributed by atoms with E-state index in [0.717, 1.165) is 11.4 Å². The molecule has 2 aliphatic rings. The molecular weight excluding hydrogens is 685 g/mol. The van der Waals surface area contributed by atoms with Crippen LogP contribution in [0.5, 0.6) is 0 Å². The summed E-state index contributed by atoms with van der Waals surface area (Å²) in [6, 6.07) is 69.0. The predicted molar refractivity (Wildman–Crippen MR) is 236 cm³/mol. The molecular formula is C52H36N2S. The van der Waals surface area contributed by atoms with Gasteiger partial charge in [-0.05, 0) is 99.3 Å². The van der Waals surface area contributed by atoms with Crippen LogP contribution in [0.15, 0.2) is 206 Å². The normalized spacial score (nSPS) is 16.0. The van der Waals surface area contributed by atoms with Gasteiger partial charge in [-0.1, -0.05) is 146 Å². The highest BCUT2D eigenvalue weighted by Crippen LogP contribution is 2.50. The highest BCUT2D eigenvalue weighted by molar-refractivity contribution is 7.26. The molecule has 2 atom stereocenters. The van der Waals surface area contributed by atoms with E-state index in [1.165, 1.54) is 75.7 Å². The summed E-state index contributed by atoms with van der Waals surface area (Å²) in [5, 5.41) is 5.29. The summed E-state index contributed by atoms with van der Waals surface area (Å²) in [5.41, 5.74) is 12.3. The van der Waals surface area contributed by atoms with E-state index in [1.54, 1.807) is 0 Å². The predicted octanol–water partition coefficient (Wildman–Crippen LogP) is 14.2. The summed E-state index contributed by atoms with van der Waals surface area (Å²) in [6.45, 7) is 0. The lowest BCUT2D eigenvalue weighted by Gasteiger charge is -2.41. The quantitative estimate of drug-likeness (QED) is 0.169. The number of hydrogen-bond acceptors (Lipinski definition) is 3. The number of allylic oxidation sites excluding steroid dienone is 2. The van der Waals surface area contributed by atoms with E-state index >= 15 is 0 Å². The van der Waals surface area contributed by atoms with Crippen molar-refractivity contribution in [3.8, 4) is 22.3 Å². The zero-order valence-electron chi connectivity index (χ0n) is 30.1. The SMILES string of the molecule is C1=CC(N(c2ccc(-c3ccccc3)cc2)c2ccc(-c3ccc4sc5ccc6ccccc6c5c4c3)cc2)C2C(=C1)c1ccccc1N2c1ccccc1. The van der Waals surface area contributed by atoms with Crippen molar-refractivity contribution >= 4 is 70.6 Å². The summed E-state index contributed by atoms with van der Waals surface area (Å²) in [5.74, 6) is 0. The van der Waals surface area contributed by atoms with Crippen molar-refractivity contribution in [1.82, 2.24) is 0 Å². The van der Waals surface area contributed by atoms with Crippen molar-refractivity contribution in [2.45, 2.75) is 12.1 Å². The number of rotatable bonds is 6. The van der Waals surface area contributed by atoms with Crippen LogP contribution in [0.2, 0.25) is 0 Å². The summed E-state index contributed by atoms with van der Waals surface area (Å²) >= 11 is 1.88. The molecule has 0 amide bonds. The van der Waals surface area contributed by atoms with Crippen LogP contribution in [-0.4, -0.2) is 12.1 Å². The molecule has 3 heteroatoms. The fourth-order valence-corrected chi connectivity index (χ4v) is 9.98. The van der Waals surface area contributed by atoms with Crippen LogP contribution in [0, 0.1) is 0 Å². The van der Waals surface area contributed by atoms with E-state index in [4.69, 9.17) is 0 Å². The Labute approximate surface area is 325 Å². The molecule has 0 bridgehead atoms. The van der Waals surface area contributed by atoms with Crippen LogP contribution in [0.25, 0.3) is 58.8 Å². The molecule has 8 aromatic carbocycles. The molecule has 1 aliphatic heterocycles. The molecule has 1 aliphatic carbocycles. The van der Waals surface area contributed by atoms with Crippen LogP contribution in [0.1, 0.15) is 5.56 Å². The van der Waals surface area contributed by atoms with Gasteiger partial charge in [0.05, 0.1) is 12.1 Å². The van der Waals surface area contributed by atoms with Crippen LogP contribution < -0.4 is 9.80 Å². The maximum Gasteiger partial charge on any atom is 0.0841 e. The van der Waals surface area contributed by atoms with Crippen molar-refractivity contribution in [2.75, 3.05) is 9.80 Å². The smallest absolute Gasteiger partial charge is 0.0841 e. The van der Waals surface area contributed by atoms with Crippen molar-refractivity contribution in [1.29, 1.82) is 0 Å². The lowest BCUT2D eigenvalue weighted by Crippen LogP contribution is -2.47. The molecule has 0 spiro atoms. The number of thiophene rings is 1. The van der Waals surface area contributed by atoms with Gasteiger partial charge >= 0.3 is 0 Å². The molecule has 11 rings (SSSR count). The summed E-state index contributed by atoms with van der Waals surface area (Å²) in [7, 11) is 0. The van der Waals surface area contributed by atoms with Gasteiger partial charge in [0.15, 0.2) is 0 Å². The van der Waals surface area contributed by atoms with Crippen LogP contribution in [-0.2, 0) is 0 Å². The molecule has 2 nitrogen and oxygen atoms in total.